The van der Waals surface area contributed by atoms with Gasteiger partial charge in [-0.1, -0.05) is 65.2 Å². The van der Waals surface area contributed by atoms with Crippen molar-refractivity contribution in [2.75, 3.05) is 14.2 Å². The molecular formula is C20H39NO4. The molecule has 0 aliphatic rings. The first-order valence-electron chi connectivity index (χ1n) is 9.92. The molecule has 0 aromatic rings. The maximum absolute atomic E-state index is 13.1. The van der Waals surface area contributed by atoms with Crippen LogP contribution < -0.4 is 5.32 Å². The lowest BCUT2D eigenvalue weighted by Crippen LogP contribution is -2.50. The average Bonchev–Trinajstić information content (AvgIpc) is 2.63. The second kappa shape index (κ2) is 15.2. The Morgan fingerprint density at radius 1 is 0.880 bits per heavy atom. The predicted octanol–water partition coefficient (Wildman–Crippen LogP) is 4.87. The molecule has 0 bridgehead atoms. The predicted molar refractivity (Wildman–Crippen MR) is 102 cm³/mol. The number of hydrogen-bond acceptors (Lipinski definition) is 4. The number of ketones is 1. The fourth-order valence-corrected chi connectivity index (χ4v) is 3.06. The third kappa shape index (κ3) is 10.5. The zero-order valence-electron chi connectivity index (χ0n) is 16.9. The van der Waals surface area contributed by atoms with Crippen LogP contribution >= 0.6 is 0 Å². The minimum atomic E-state index is -0.653. The molecule has 5 heteroatoms. The Bertz CT molecular complexity index is 360. The van der Waals surface area contributed by atoms with Gasteiger partial charge in [0, 0.05) is 13.0 Å². The first kappa shape index (κ1) is 23.9. The van der Waals surface area contributed by atoms with Crippen molar-refractivity contribution >= 4 is 11.9 Å². The number of alkyl carbamates (subject to hydrolysis) is 1. The van der Waals surface area contributed by atoms with E-state index in [1.807, 2.05) is 6.92 Å². The maximum atomic E-state index is 13.1. The van der Waals surface area contributed by atoms with E-state index in [-0.39, 0.29) is 17.8 Å². The van der Waals surface area contributed by atoms with Crippen LogP contribution in [0.2, 0.25) is 0 Å². The molecule has 0 rings (SSSR count). The largest absolute Gasteiger partial charge is 0.453 e. The summed E-state index contributed by atoms with van der Waals surface area (Å²) in [6.45, 7) is 6.17. The SMILES string of the molecule is CCCCCCCC(CCCCC)C(=O)[C@H](NC(=O)OC)[C@@H](C)OC. The number of amides is 1. The molecule has 25 heavy (non-hydrogen) atoms. The summed E-state index contributed by atoms with van der Waals surface area (Å²) in [5.74, 6) is 0.0549. The molecule has 148 valence electrons. The number of rotatable bonds is 15. The monoisotopic (exact) mass is 357 g/mol. The van der Waals surface area contributed by atoms with Gasteiger partial charge < -0.3 is 14.8 Å². The number of hydrogen-bond donors (Lipinski definition) is 1. The smallest absolute Gasteiger partial charge is 0.407 e. The lowest BCUT2D eigenvalue weighted by atomic mass is 9.86. The molecule has 0 radical (unpaired) electrons. The highest BCUT2D eigenvalue weighted by atomic mass is 16.5. The van der Waals surface area contributed by atoms with Gasteiger partial charge in [-0.15, -0.1) is 0 Å². The van der Waals surface area contributed by atoms with E-state index in [0.717, 1.165) is 38.5 Å². The van der Waals surface area contributed by atoms with Crippen LogP contribution in [0.15, 0.2) is 0 Å². The third-order valence-corrected chi connectivity index (χ3v) is 4.82. The summed E-state index contributed by atoms with van der Waals surface area (Å²) in [5.41, 5.74) is 0. The van der Waals surface area contributed by atoms with Gasteiger partial charge in [-0.05, 0) is 19.8 Å². The molecular weight excluding hydrogens is 318 g/mol. The van der Waals surface area contributed by atoms with E-state index in [4.69, 9.17) is 4.74 Å². The lowest BCUT2D eigenvalue weighted by molar-refractivity contribution is -0.128. The van der Waals surface area contributed by atoms with Crippen LogP contribution in [0.4, 0.5) is 4.79 Å². The summed E-state index contributed by atoms with van der Waals surface area (Å²) in [6, 6.07) is -0.653. The number of unbranched alkanes of at least 4 members (excludes halogenated alkanes) is 6. The topological polar surface area (TPSA) is 64.6 Å². The van der Waals surface area contributed by atoms with Crippen molar-refractivity contribution in [3.63, 3.8) is 0 Å². The van der Waals surface area contributed by atoms with Gasteiger partial charge >= 0.3 is 6.09 Å². The molecule has 0 aromatic heterocycles. The van der Waals surface area contributed by atoms with Crippen molar-refractivity contribution in [1.29, 1.82) is 0 Å². The molecule has 1 N–H and O–H groups in total. The normalized spacial score (nSPS) is 14.6. The quantitative estimate of drug-likeness (QED) is 0.425. The van der Waals surface area contributed by atoms with E-state index in [2.05, 4.69) is 23.9 Å². The van der Waals surface area contributed by atoms with Gasteiger partial charge in [0.1, 0.15) is 6.04 Å². The van der Waals surface area contributed by atoms with Crippen LogP contribution in [0.3, 0.4) is 0 Å². The molecule has 0 spiro atoms. The van der Waals surface area contributed by atoms with Gasteiger partial charge in [0.15, 0.2) is 5.78 Å². The fraction of sp³-hybridized carbons (Fsp3) is 0.900. The summed E-state index contributed by atoms with van der Waals surface area (Å²) in [6.07, 6.45) is 10.1. The van der Waals surface area contributed by atoms with Crippen LogP contribution in [-0.4, -0.2) is 38.2 Å². The van der Waals surface area contributed by atoms with Crippen LogP contribution in [0.25, 0.3) is 0 Å². The van der Waals surface area contributed by atoms with Crippen molar-refractivity contribution < 1.29 is 19.1 Å². The first-order chi connectivity index (χ1) is 12.0. The van der Waals surface area contributed by atoms with E-state index in [1.165, 1.54) is 32.8 Å². The summed E-state index contributed by atoms with van der Waals surface area (Å²) < 4.78 is 9.99. The third-order valence-electron chi connectivity index (χ3n) is 4.82. The van der Waals surface area contributed by atoms with Gasteiger partial charge in [0.25, 0.3) is 0 Å². The van der Waals surface area contributed by atoms with Crippen molar-refractivity contribution in [3.8, 4) is 0 Å². The Hall–Kier alpha value is -1.10. The van der Waals surface area contributed by atoms with Gasteiger partial charge in [-0.2, -0.15) is 0 Å². The van der Waals surface area contributed by atoms with Gasteiger partial charge in [-0.3, -0.25) is 4.79 Å². The summed E-state index contributed by atoms with van der Waals surface area (Å²) in [5, 5.41) is 2.66. The molecule has 0 aliphatic heterocycles. The van der Waals surface area contributed by atoms with Crippen molar-refractivity contribution in [2.24, 2.45) is 5.92 Å². The lowest BCUT2D eigenvalue weighted by Gasteiger charge is -2.27. The summed E-state index contributed by atoms with van der Waals surface area (Å²) >= 11 is 0. The molecule has 0 saturated heterocycles. The second-order valence-corrected chi connectivity index (χ2v) is 6.85. The molecule has 0 heterocycles. The van der Waals surface area contributed by atoms with Crippen LogP contribution in [-0.2, 0) is 14.3 Å². The molecule has 1 amide bonds. The Labute approximate surface area is 154 Å². The Kier molecular flexibility index (Phi) is 14.5. The molecule has 3 atom stereocenters. The first-order valence-corrected chi connectivity index (χ1v) is 9.92. The number of carbonyl (C=O) groups excluding carboxylic acids is 2. The zero-order chi connectivity index (χ0) is 19.1. The summed E-state index contributed by atoms with van der Waals surface area (Å²) in [7, 11) is 2.86. The van der Waals surface area contributed by atoms with Crippen LogP contribution in [0.1, 0.15) is 85.0 Å². The molecule has 1 unspecified atom stereocenters. The summed E-state index contributed by atoms with van der Waals surface area (Å²) in [4.78, 5) is 24.7. The van der Waals surface area contributed by atoms with E-state index in [1.54, 1.807) is 7.11 Å². The molecule has 0 saturated carbocycles. The van der Waals surface area contributed by atoms with Crippen molar-refractivity contribution in [3.05, 3.63) is 0 Å². The highest BCUT2D eigenvalue weighted by Gasteiger charge is 2.32. The number of methoxy groups -OCH3 is 2. The molecule has 0 aromatic carbocycles. The standard InChI is InChI=1S/C20H39NO4/c1-6-8-10-11-13-15-17(14-12-9-7-2)19(22)18(16(3)24-4)21-20(23)25-5/h16-18H,6-15H2,1-5H3,(H,21,23)/t16-,17?,18-/m1/s1. The zero-order valence-corrected chi connectivity index (χ0v) is 16.9. The number of ether oxygens (including phenoxy) is 2. The number of nitrogens with one attached hydrogen (secondary N) is 1. The van der Waals surface area contributed by atoms with Gasteiger partial charge in [0.05, 0.1) is 13.2 Å². The fourth-order valence-electron chi connectivity index (χ4n) is 3.06. The molecule has 5 nitrogen and oxygen atoms in total. The van der Waals surface area contributed by atoms with Gasteiger partial charge in [-0.25, -0.2) is 4.79 Å². The van der Waals surface area contributed by atoms with E-state index < -0.39 is 12.1 Å². The van der Waals surface area contributed by atoms with Crippen LogP contribution in [0, 0.1) is 5.92 Å². The second-order valence-electron chi connectivity index (χ2n) is 6.85. The number of carbonyl (C=O) groups is 2. The number of Topliss-reactive ketones (excluding diaryl/α,β-unsaturated/α-hetero) is 1. The Balaban J connectivity index is 4.86. The molecule has 0 aliphatic carbocycles. The minimum Gasteiger partial charge on any atom is -0.453 e. The Morgan fingerprint density at radius 2 is 1.40 bits per heavy atom. The minimum absolute atomic E-state index is 0.0204. The maximum Gasteiger partial charge on any atom is 0.407 e. The highest BCUT2D eigenvalue weighted by Crippen LogP contribution is 2.22. The van der Waals surface area contributed by atoms with Gasteiger partial charge in [0.2, 0.25) is 0 Å². The van der Waals surface area contributed by atoms with E-state index in [9.17, 15) is 9.59 Å². The van der Waals surface area contributed by atoms with Crippen LogP contribution in [0.5, 0.6) is 0 Å². The molecule has 0 fully saturated rings. The van der Waals surface area contributed by atoms with E-state index >= 15 is 0 Å². The van der Waals surface area contributed by atoms with Crippen molar-refractivity contribution in [2.45, 2.75) is 97.1 Å². The average molecular weight is 358 g/mol. The van der Waals surface area contributed by atoms with E-state index in [0.29, 0.717) is 0 Å². The highest BCUT2D eigenvalue weighted by molar-refractivity contribution is 5.89. The Morgan fingerprint density at radius 3 is 1.92 bits per heavy atom. The van der Waals surface area contributed by atoms with Crippen molar-refractivity contribution in [1.82, 2.24) is 5.32 Å².